The van der Waals surface area contributed by atoms with Crippen molar-refractivity contribution in [1.82, 2.24) is 19.9 Å². The van der Waals surface area contributed by atoms with Crippen LogP contribution < -0.4 is 4.74 Å². The molecule has 10 rings (SSSR count). The summed E-state index contributed by atoms with van der Waals surface area (Å²) in [6.45, 7) is 26.1. The molecule has 5 heteroatoms. The topological polar surface area (TPSA) is 60.8 Å². The van der Waals surface area contributed by atoms with Crippen LogP contribution in [0.3, 0.4) is 0 Å². The Kier molecular flexibility index (Phi) is 8.15. The fourth-order valence-electron chi connectivity index (χ4n) is 10.7. The van der Waals surface area contributed by atoms with E-state index < -0.39 is 0 Å². The largest absolute Gasteiger partial charge is 0.492 e. The van der Waals surface area contributed by atoms with Gasteiger partial charge in [-0.05, 0) is 103 Å². The highest BCUT2D eigenvalue weighted by atomic mass is 16.5. The summed E-state index contributed by atoms with van der Waals surface area (Å²) in [5.41, 5.74) is 17.4. The Labute approximate surface area is 355 Å². The summed E-state index contributed by atoms with van der Waals surface area (Å²) in [5, 5.41) is 0. The van der Waals surface area contributed by atoms with E-state index in [4.69, 9.17) is 24.7 Å². The molecule has 3 aliphatic rings. The number of aromatic nitrogens is 4. The molecule has 5 aromatic carbocycles. The van der Waals surface area contributed by atoms with Gasteiger partial charge in [-0.2, -0.15) is 0 Å². The molecule has 60 heavy (non-hydrogen) atoms. The van der Waals surface area contributed by atoms with Gasteiger partial charge in [-0.25, -0.2) is 15.0 Å². The Morgan fingerprint density at radius 1 is 0.433 bits per heavy atom. The van der Waals surface area contributed by atoms with E-state index in [0.29, 0.717) is 29.8 Å². The van der Waals surface area contributed by atoms with Crippen LogP contribution in [0.25, 0.3) is 67.7 Å². The first-order chi connectivity index (χ1) is 28.5. The van der Waals surface area contributed by atoms with Gasteiger partial charge in [0, 0.05) is 39.3 Å². The highest BCUT2D eigenvalue weighted by Crippen LogP contribution is 2.62. The van der Waals surface area contributed by atoms with Gasteiger partial charge >= 0.3 is 0 Å². The average Bonchev–Trinajstić information content (AvgIpc) is 3.66. The van der Waals surface area contributed by atoms with Crippen LogP contribution in [0.2, 0.25) is 0 Å². The summed E-state index contributed by atoms with van der Waals surface area (Å²) in [7, 11) is 0. The summed E-state index contributed by atoms with van der Waals surface area (Å²) < 4.78 is 6.41. The fourth-order valence-corrected chi connectivity index (χ4v) is 10.7. The third-order valence-electron chi connectivity index (χ3n) is 15.5. The standard InChI is InChI=1S/C55H54N4O/c1-12-60-46-30-35(31-56-47(46)32-23-26-42-45(27-32)54(8,9)55(10,11)53(42,6)7)50-58-48(33-21-24-38-36-17-13-15-19-40(36)51(2,3)43(38)28-33)57-49(59-50)34-22-25-39-37-18-14-16-20-41(37)52(4,5)44(39)29-34/h13-31H,12H2,1-11H3. The molecule has 3 aliphatic carbocycles. The number of nitrogens with zero attached hydrogens (tertiary/aromatic N) is 4. The molecule has 0 amide bonds. The van der Waals surface area contributed by atoms with Gasteiger partial charge < -0.3 is 4.74 Å². The van der Waals surface area contributed by atoms with E-state index in [0.717, 1.165) is 27.9 Å². The number of hydrogen-bond acceptors (Lipinski definition) is 5. The van der Waals surface area contributed by atoms with Crippen LogP contribution >= 0.6 is 0 Å². The lowest BCUT2D eigenvalue weighted by Crippen LogP contribution is -2.42. The number of fused-ring (bicyclic) bond motifs is 7. The monoisotopic (exact) mass is 786 g/mol. The average molecular weight is 787 g/mol. The first-order valence-corrected chi connectivity index (χ1v) is 21.5. The van der Waals surface area contributed by atoms with Gasteiger partial charge in [0.05, 0.1) is 6.61 Å². The van der Waals surface area contributed by atoms with Crippen LogP contribution in [0.1, 0.15) is 110 Å². The quantitative estimate of drug-likeness (QED) is 0.168. The van der Waals surface area contributed by atoms with E-state index in [2.05, 4.69) is 178 Å². The van der Waals surface area contributed by atoms with Gasteiger partial charge in [-0.3, -0.25) is 4.98 Å². The predicted molar refractivity (Wildman–Crippen MR) is 245 cm³/mol. The van der Waals surface area contributed by atoms with Gasteiger partial charge in [0.2, 0.25) is 0 Å². The zero-order valence-electron chi connectivity index (χ0n) is 36.9. The van der Waals surface area contributed by atoms with Crippen LogP contribution in [0.5, 0.6) is 5.75 Å². The molecule has 0 saturated heterocycles. The van der Waals surface area contributed by atoms with Crippen molar-refractivity contribution in [3.63, 3.8) is 0 Å². The molecule has 0 radical (unpaired) electrons. The highest BCUT2D eigenvalue weighted by Gasteiger charge is 2.56. The number of pyridine rings is 1. The number of ether oxygens (including phenoxy) is 1. The molecule has 0 unspecified atom stereocenters. The molecule has 0 atom stereocenters. The minimum Gasteiger partial charge on any atom is -0.492 e. The minimum absolute atomic E-state index is 0.0234. The molecule has 0 aliphatic heterocycles. The van der Waals surface area contributed by atoms with E-state index >= 15 is 0 Å². The molecule has 0 fully saturated rings. The van der Waals surface area contributed by atoms with E-state index in [1.807, 2.05) is 13.1 Å². The minimum atomic E-state index is -0.161. The van der Waals surface area contributed by atoms with Gasteiger partial charge in [0.15, 0.2) is 17.5 Å². The Hall–Kier alpha value is -5.94. The number of hydrogen-bond donors (Lipinski definition) is 0. The predicted octanol–water partition coefficient (Wildman–Crippen LogP) is 13.5. The normalized spacial score (nSPS) is 17.6. The van der Waals surface area contributed by atoms with Gasteiger partial charge in [-0.1, -0.05) is 154 Å². The van der Waals surface area contributed by atoms with Crippen LogP contribution in [0, 0.1) is 5.41 Å². The van der Waals surface area contributed by atoms with Crippen molar-refractivity contribution in [3.05, 3.63) is 149 Å². The SMILES string of the molecule is CCOc1cc(-c2nc(-c3ccc4c(c3)C(C)(C)c3ccccc3-4)nc(-c3ccc4c(c3)C(C)(C)c3ccccc3-4)n2)cnc1-c1ccc2c(c1)C(C)(C)C(C)(C)C2(C)C. The number of rotatable bonds is 6. The molecule has 7 aromatic rings. The highest BCUT2D eigenvalue weighted by molar-refractivity contribution is 5.85. The molecular weight excluding hydrogens is 733 g/mol. The first-order valence-electron chi connectivity index (χ1n) is 21.5. The third-order valence-corrected chi connectivity index (χ3v) is 15.5. The van der Waals surface area contributed by atoms with Crippen LogP contribution in [0.15, 0.2) is 115 Å². The second kappa shape index (κ2) is 12.8. The van der Waals surface area contributed by atoms with Crippen LogP contribution in [-0.2, 0) is 21.7 Å². The Morgan fingerprint density at radius 2 is 0.883 bits per heavy atom. The Morgan fingerprint density at radius 3 is 1.42 bits per heavy atom. The third kappa shape index (κ3) is 5.23. The molecule has 0 N–H and O–H groups in total. The van der Waals surface area contributed by atoms with Crippen molar-refractivity contribution >= 4 is 0 Å². The van der Waals surface area contributed by atoms with E-state index in [1.165, 1.54) is 55.6 Å². The lowest BCUT2D eigenvalue weighted by molar-refractivity contribution is 0.125. The second-order valence-electron chi connectivity index (χ2n) is 19.8. The zero-order valence-corrected chi connectivity index (χ0v) is 36.9. The molecule has 0 spiro atoms. The van der Waals surface area contributed by atoms with Gasteiger partial charge in [0.1, 0.15) is 11.4 Å². The summed E-state index contributed by atoms with van der Waals surface area (Å²) in [4.78, 5) is 20.9. The van der Waals surface area contributed by atoms with Crippen molar-refractivity contribution in [3.8, 4) is 73.4 Å². The van der Waals surface area contributed by atoms with Gasteiger partial charge in [-0.15, -0.1) is 0 Å². The van der Waals surface area contributed by atoms with E-state index in [-0.39, 0.29) is 27.1 Å². The second-order valence-corrected chi connectivity index (χ2v) is 19.8. The lowest BCUT2D eigenvalue weighted by Gasteiger charge is -2.44. The lowest BCUT2D eigenvalue weighted by atomic mass is 9.59. The first kappa shape index (κ1) is 38.3. The maximum absolute atomic E-state index is 6.41. The summed E-state index contributed by atoms with van der Waals surface area (Å²) in [6, 6.07) is 39.8. The van der Waals surface area contributed by atoms with Crippen molar-refractivity contribution in [2.24, 2.45) is 5.41 Å². The molecule has 5 nitrogen and oxygen atoms in total. The molecule has 2 heterocycles. The summed E-state index contributed by atoms with van der Waals surface area (Å²) in [5.74, 6) is 2.52. The summed E-state index contributed by atoms with van der Waals surface area (Å²) >= 11 is 0. The zero-order chi connectivity index (χ0) is 42.1. The van der Waals surface area contributed by atoms with E-state index in [1.54, 1.807) is 0 Å². The number of benzene rings is 5. The maximum Gasteiger partial charge on any atom is 0.165 e. The maximum atomic E-state index is 6.41. The smallest absolute Gasteiger partial charge is 0.165 e. The Balaban J connectivity index is 1.13. The molecule has 0 saturated carbocycles. The van der Waals surface area contributed by atoms with Crippen molar-refractivity contribution < 1.29 is 4.74 Å². The van der Waals surface area contributed by atoms with Crippen molar-refractivity contribution in [2.45, 2.75) is 97.8 Å². The van der Waals surface area contributed by atoms with Crippen LogP contribution in [0.4, 0.5) is 0 Å². The van der Waals surface area contributed by atoms with Crippen LogP contribution in [-0.4, -0.2) is 26.5 Å². The van der Waals surface area contributed by atoms with Gasteiger partial charge in [0.25, 0.3) is 0 Å². The Bertz CT molecular complexity index is 2810. The van der Waals surface area contributed by atoms with Crippen molar-refractivity contribution in [1.29, 1.82) is 0 Å². The molecule has 300 valence electrons. The summed E-state index contributed by atoms with van der Waals surface area (Å²) in [6.07, 6.45) is 1.90. The van der Waals surface area contributed by atoms with E-state index in [9.17, 15) is 0 Å². The fraction of sp³-hybridized carbons (Fsp3) is 0.309. The molecule has 0 bridgehead atoms. The molecular formula is C55H54N4O. The van der Waals surface area contributed by atoms with Crippen molar-refractivity contribution in [2.75, 3.05) is 6.61 Å². The molecule has 2 aromatic heterocycles.